The summed E-state index contributed by atoms with van der Waals surface area (Å²) in [5, 5.41) is 0. The lowest BCUT2D eigenvalue weighted by atomic mass is 10.0. The molecule has 0 radical (unpaired) electrons. The van der Waals surface area contributed by atoms with Crippen molar-refractivity contribution >= 4 is 5.82 Å². The van der Waals surface area contributed by atoms with Crippen LogP contribution in [0.3, 0.4) is 0 Å². The number of anilines is 1. The van der Waals surface area contributed by atoms with Crippen LogP contribution in [0, 0.1) is 6.92 Å². The molecule has 1 aliphatic rings. The number of alkyl halides is 2. The van der Waals surface area contributed by atoms with Crippen LogP contribution in [-0.4, -0.2) is 11.3 Å². The Balaban J connectivity index is 2.07. The summed E-state index contributed by atoms with van der Waals surface area (Å²) in [5.41, 5.74) is 7.81. The molecule has 1 aromatic carbocycles. The predicted molar refractivity (Wildman–Crippen MR) is 65.0 cm³/mol. The maximum atomic E-state index is 13.0. The number of nitrogens with two attached hydrogens (primary N) is 1. The number of hydrogen-bond acceptors (Lipinski definition) is 4. The lowest BCUT2D eigenvalue weighted by Gasteiger charge is -2.07. The van der Waals surface area contributed by atoms with Crippen LogP contribution in [0.5, 0.6) is 11.5 Å². The van der Waals surface area contributed by atoms with Gasteiger partial charge in [0.15, 0.2) is 11.5 Å². The summed E-state index contributed by atoms with van der Waals surface area (Å²) in [5.74, 6) is 0.450. The van der Waals surface area contributed by atoms with Gasteiger partial charge in [-0.25, -0.2) is 4.98 Å². The molecule has 0 amide bonds. The average Bonchev–Trinajstić information content (AvgIpc) is 2.62. The zero-order valence-corrected chi connectivity index (χ0v) is 9.98. The lowest BCUT2D eigenvalue weighted by molar-refractivity contribution is -0.286. The Labute approximate surface area is 107 Å². The van der Waals surface area contributed by atoms with Crippen LogP contribution in [0.1, 0.15) is 5.56 Å². The molecule has 0 bridgehead atoms. The highest BCUT2D eigenvalue weighted by atomic mass is 19.3. The van der Waals surface area contributed by atoms with Crippen molar-refractivity contribution in [2.45, 2.75) is 13.2 Å². The third kappa shape index (κ3) is 2.05. The molecule has 2 N–H and O–H groups in total. The number of pyridine rings is 1. The maximum Gasteiger partial charge on any atom is 0.586 e. The Hall–Kier alpha value is -2.37. The van der Waals surface area contributed by atoms with Gasteiger partial charge in [0.2, 0.25) is 0 Å². The number of nitrogens with zero attached hydrogens (tertiary/aromatic N) is 1. The van der Waals surface area contributed by atoms with Crippen LogP contribution < -0.4 is 15.2 Å². The van der Waals surface area contributed by atoms with Crippen molar-refractivity contribution in [1.82, 2.24) is 4.98 Å². The van der Waals surface area contributed by atoms with Gasteiger partial charge in [-0.3, -0.25) is 0 Å². The smallest absolute Gasteiger partial charge is 0.395 e. The molecule has 0 saturated carbocycles. The molecule has 0 atom stereocenters. The Morgan fingerprint density at radius 2 is 1.84 bits per heavy atom. The largest absolute Gasteiger partial charge is 0.586 e. The quantitative estimate of drug-likeness (QED) is 0.860. The predicted octanol–water partition coefficient (Wildman–Crippen LogP) is 2.96. The molecular formula is C13H10F2N2O2. The topological polar surface area (TPSA) is 57.4 Å². The molecule has 1 aliphatic heterocycles. The molecule has 6 heteroatoms. The molecule has 0 aliphatic carbocycles. The molecule has 0 unspecified atom stereocenters. The summed E-state index contributed by atoms with van der Waals surface area (Å²) >= 11 is 0. The summed E-state index contributed by atoms with van der Waals surface area (Å²) in [6.07, 6.45) is -2.02. The van der Waals surface area contributed by atoms with Crippen molar-refractivity contribution in [2.75, 3.05) is 5.73 Å². The minimum Gasteiger partial charge on any atom is -0.395 e. The zero-order chi connectivity index (χ0) is 13.6. The first-order valence-corrected chi connectivity index (χ1v) is 5.57. The molecule has 98 valence electrons. The second-order valence-electron chi connectivity index (χ2n) is 4.25. The number of nitrogen functional groups attached to an aromatic ring is 1. The van der Waals surface area contributed by atoms with Crippen molar-refractivity contribution in [3.05, 3.63) is 36.0 Å². The number of fused-ring (bicyclic) bond motifs is 1. The minimum absolute atomic E-state index is 0.0161. The number of aryl methyl sites for hydroxylation is 1. The first-order chi connectivity index (χ1) is 8.94. The molecule has 0 fully saturated rings. The van der Waals surface area contributed by atoms with E-state index in [0.717, 1.165) is 16.7 Å². The zero-order valence-electron chi connectivity index (χ0n) is 9.98. The van der Waals surface area contributed by atoms with Gasteiger partial charge in [0.1, 0.15) is 5.82 Å². The average molecular weight is 264 g/mol. The van der Waals surface area contributed by atoms with Gasteiger partial charge >= 0.3 is 6.29 Å². The minimum atomic E-state index is -3.60. The van der Waals surface area contributed by atoms with E-state index in [1.165, 1.54) is 12.1 Å². The molecule has 4 nitrogen and oxygen atoms in total. The number of benzene rings is 1. The molecule has 3 rings (SSSR count). The first-order valence-electron chi connectivity index (χ1n) is 5.57. The molecule has 2 aromatic rings. The van der Waals surface area contributed by atoms with Crippen LogP contribution in [0.15, 0.2) is 30.5 Å². The fourth-order valence-corrected chi connectivity index (χ4v) is 1.97. The first kappa shape index (κ1) is 11.7. The van der Waals surface area contributed by atoms with Gasteiger partial charge in [0.25, 0.3) is 0 Å². The molecule has 0 saturated heterocycles. The summed E-state index contributed by atoms with van der Waals surface area (Å²) in [6.45, 7) is 1.80. The second kappa shape index (κ2) is 3.81. The monoisotopic (exact) mass is 264 g/mol. The molecule has 0 spiro atoms. The van der Waals surface area contributed by atoms with Crippen LogP contribution in [0.25, 0.3) is 11.1 Å². The van der Waals surface area contributed by atoms with E-state index in [2.05, 4.69) is 14.5 Å². The van der Waals surface area contributed by atoms with Gasteiger partial charge in [-0.1, -0.05) is 0 Å². The van der Waals surface area contributed by atoms with Gasteiger partial charge in [-0.15, -0.1) is 8.78 Å². The lowest BCUT2D eigenvalue weighted by Crippen LogP contribution is -2.25. The standard InChI is InChI=1S/C13H10F2N2O2/c1-7-4-10-11(19-13(14,15)18-10)5-9(7)8-2-3-12(16)17-6-8/h2-6H,1H3,(H2,16,17). The highest BCUT2D eigenvalue weighted by molar-refractivity contribution is 5.71. The highest BCUT2D eigenvalue weighted by Gasteiger charge is 2.43. The summed E-state index contributed by atoms with van der Waals surface area (Å²) in [4.78, 5) is 3.98. The summed E-state index contributed by atoms with van der Waals surface area (Å²) in [7, 11) is 0. The third-order valence-electron chi connectivity index (χ3n) is 2.85. The van der Waals surface area contributed by atoms with Crippen LogP contribution in [-0.2, 0) is 0 Å². The highest BCUT2D eigenvalue weighted by Crippen LogP contribution is 2.44. The maximum absolute atomic E-state index is 13.0. The SMILES string of the molecule is Cc1cc2c(cc1-c1ccc(N)nc1)OC(F)(F)O2. The van der Waals surface area contributed by atoms with Gasteiger partial charge < -0.3 is 15.2 Å². The van der Waals surface area contributed by atoms with E-state index in [1.807, 2.05) is 0 Å². The van der Waals surface area contributed by atoms with E-state index < -0.39 is 6.29 Å². The number of halogens is 2. The number of hydrogen-bond donors (Lipinski definition) is 1. The molecular weight excluding hydrogens is 254 g/mol. The Morgan fingerprint density at radius 3 is 2.47 bits per heavy atom. The number of ether oxygens (including phenoxy) is 2. The van der Waals surface area contributed by atoms with Crippen LogP contribution in [0.4, 0.5) is 14.6 Å². The Kier molecular flexibility index (Phi) is 2.35. The van der Waals surface area contributed by atoms with Crippen molar-refractivity contribution in [3.8, 4) is 22.6 Å². The van der Waals surface area contributed by atoms with Gasteiger partial charge in [0, 0.05) is 11.8 Å². The van der Waals surface area contributed by atoms with Crippen molar-refractivity contribution < 1.29 is 18.3 Å². The fourth-order valence-electron chi connectivity index (χ4n) is 1.97. The molecule has 19 heavy (non-hydrogen) atoms. The summed E-state index contributed by atoms with van der Waals surface area (Å²) < 4.78 is 34.8. The van der Waals surface area contributed by atoms with E-state index in [-0.39, 0.29) is 11.5 Å². The molecule has 2 heterocycles. The third-order valence-corrected chi connectivity index (χ3v) is 2.85. The summed E-state index contributed by atoms with van der Waals surface area (Å²) in [6, 6.07) is 6.44. The van der Waals surface area contributed by atoms with Gasteiger partial charge in [0.05, 0.1) is 0 Å². The van der Waals surface area contributed by atoms with E-state index in [0.29, 0.717) is 5.82 Å². The van der Waals surface area contributed by atoms with Crippen molar-refractivity contribution in [3.63, 3.8) is 0 Å². The number of aromatic nitrogens is 1. The van der Waals surface area contributed by atoms with Gasteiger partial charge in [-0.2, -0.15) is 0 Å². The Bertz CT molecular complexity index is 642. The molecule has 1 aromatic heterocycles. The van der Waals surface area contributed by atoms with Crippen molar-refractivity contribution in [1.29, 1.82) is 0 Å². The van der Waals surface area contributed by atoms with Crippen molar-refractivity contribution in [2.24, 2.45) is 0 Å². The van der Waals surface area contributed by atoms with Gasteiger partial charge in [-0.05, 0) is 42.3 Å². The second-order valence-corrected chi connectivity index (χ2v) is 4.25. The Morgan fingerprint density at radius 1 is 1.16 bits per heavy atom. The van der Waals surface area contributed by atoms with E-state index in [4.69, 9.17) is 5.73 Å². The van der Waals surface area contributed by atoms with Crippen LogP contribution in [0.2, 0.25) is 0 Å². The van der Waals surface area contributed by atoms with Crippen LogP contribution >= 0.6 is 0 Å². The van der Waals surface area contributed by atoms with E-state index >= 15 is 0 Å². The fraction of sp³-hybridized carbons (Fsp3) is 0.154. The van der Waals surface area contributed by atoms with E-state index in [1.54, 1.807) is 25.3 Å². The number of rotatable bonds is 1. The normalized spacial score (nSPS) is 15.5. The van der Waals surface area contributed by atoms with E-state index in [9.17, 15) is 8.78 Å².